The highest BCUT2D eigenvalue weighted by atomic mass is 31.2. The number of likely N-dealkylation sites (N-methyl/N-ethyl adjacent to an activating group) is 1. The number of quaternary nitrogens is 1. The molecule has 0 aliphatic heterocycles. The van der Waals surface area contributed by atoms with Crippen molar-refractivity contribution in [1.29, 1.82) is 0 Å². The normalized spacial score (nSPS) is 13.1. The molecule has 4 N–H and O–H groups in total. The SMILES string of the molecule is C[N+](C)(CCOCCN)CCOP(=O)(O)O. The lowest BCUT2D eigenvalue weighted by Crippen LogP contribution is -2.44. The van der Waals surface area contributed by atoms with Crippen LogP contribution in [0.4, 0.5) is 0 Å². The second kappa shape index (κ2) is 7.34. The molecule has 0 bridgehead atoms. The van der Waals surface area contributed by atoms with Crippen LogP contribution in [0.1, 0.15) is 0 Å². The van der Waals surface area contributed by atoms with Gasteiger partial charge < -0.3 is 24.7 Å². The molecule has 0 saturated carbocycles. The van der Waals surface area contributed by atoms with Crippen LogP contribution in [0.2, 0.25) is 0 Å². The monoisotopic (exact) mass is 257 g/mol. The van der Waals surface area contributed by atoms with Crippen LogP contribution in [0.15, 0.2) is 0 Å². The molecule has 0 aliphatic rings. The lowest BCUT2D eigenvalue weighted by atomic mass is 10.4. The predicted molar refractivity (Wildman–Crippen MR) is 59.7 cm³/mol. The molecule has 0 rings (SSSR count). The van der Waals surface area contributed by atoms with Crippen LogP contribution < -0.4 is 5.73 Å². The van der Waals surface area contributed by atoms with E-state index in [1.165, 1.54) is 0 Å². The molecule has 0 amide bonds. The van der Waals surface area contributed by atoms with Gasteiger partial charge in [0.1, 0.15) is 19.7 Å². The van der Waals surface area contributed by atoms with E-state index in [4.69, 9.17) is 20.3 Å². The van der Waals surface area contributed by atoms with E-state index in [1.54, 1.807) is 0 Å². The van der Waals surface area contributed by atoms with Crippen LogP contribution in [-0.2, 0) is 13.8 Å². The highest BCUT2D eigenvalue weighted by Gasteiger charge is 2.19. The summed E-state index contributed by atoms with van der Waals surface area (Å²) in [4.78, 5) is 17.0. The van der Waals surface area contributed by atoms with E-state index in [9.17, 15) is 4.57 Å². The average Bonchev–Trinajstić information content (AvgIpc) is 2.10. The standard InChI is InChI=1S/C8H21N2O5P/c1-10(2,4-7-14-6-3-9)5-8-15-16(11,12)13/h3-9H2,1-2H3,(H-,11,12,13)/p+1. The molecule has 0 fully saturated rings. The second-order valence-corrected chi connectivity index (χ2v) is 5.35. The summed E-state index contributed by atoms with van der Waals surface area (Å²) in [7, 11) is -0.467. The van der Waals surface area contributed by atoms with Gasteiger partial charge in [-0.05, 0) is 0 Å². The Morgan fingerprint density at radius 2 is 1.75 bits per heavy atom. The first-order valence-electron chi connectivity index (χ1n) is 5.07. The number of nitrogens with two attached hydrogens (primary N) is 1. The molecule has 0 heterocycles. The molecule has 98 valence electrons. The molecule has 7 nitrogen and oxygen atoms in total. The lowest BCUT2D eigenvalue weighted by molar-refractivity contribution is -0.890. The quantitative estimate of drug-likeness (QED) is 0.282. The number of hydrogen-bond donors (Lipinski definition) is 3. The first-order valence-corrected chi connectivity index (χ1v) is 6.60. The summed E-state index contributed by atoms with van der Waals surface area (Å²) in [6.45, 7) is 2.86. The van der Waals surface area contributed by atoms with Crippen molar-refractivity contribution < 1.29 is 28.1 Å². The minimum absolute atomic E-state index is 0.0220. The van der Waals surface area contributed by atoms with Gasteiger partial charge in [-0.3, -0.25) is 4.52 Å². The van der Waals surface area contributed by atoms with Crippen LogP contribution in [0.25, 0.3) is 0 Å². The molecule has 0 aromatic carbocycles. The summed E-state index contributed by atoms with van der Waals surface area (Å²) >= 11 is 0. The van der Waals surface area contributed by atoms with Crippen molar-refractivity contribution in [1.82, 2.24) is 0 Å². The maximum atomic E-state index is 10.4. The highest BCUT2D eigenvalue weighted by molar-refractivity contribution is 7.46. The van der Waals surface area contributed by atoms with Gasteiger partial charge in [0, 0.05) is 6.54 Å². The molecule has 0 spiro atoms. The van der Waals surface area contributed by atoms with Crippen molar-refractivity contribution in [2.45, 2.75) is 0 Å². The summed E-state index contributed by atoms with van der Waals surface area (Å²) in [5.74, 6) is 0. The smallest absolute Gasteiger partial charge is 0.374 e. The fourth-order valence-corrected chi connectivity index (χ4v) is 1.34. The third-order valence-corrected chi connectivity index (χ3v) is 2.58. The average molecular weight is 257 g/mol. The molecule has 0 saturated heterocycles. The molecule has 0 unspecified atom stereocenters. The fraction of sp³-hybridized carbons (Fsp3) is 1.00. The molecule has 0 atom stereocenters. The van der Waals surface area contributed by atoms with Crippen LogP contribution in [-0.4, -0.2) is 67.8 Å². The van der Waals surface area contributed by atoms with Gasteiger partial charge in [-0.2, -0.15) is 0 Å². The van der Waals surface area contributed by atoms with Gasteiger partial charge in [0.2, 0.25) is 0 Å². The van der Waals surface area contributed by atoms with E-state index in [-0.39, 0.29) is 6.61 Å². The van der Waals surface area contributed by atoms with Gasteiger partial charge in [-0.25, -0.2) is 4.57 Å². The van der Waals surface area contributed by atoms with Gasteiger partial charge >= 0.3 is 7.82 Å². The Balaban J connectivity index is 3.65. The van der Waals surface area contributed by atoms with Gasteiger partial charge in [-0.1, -0.05) is 0 Å². The van der Waals surface area contributed by atoms with E-state index >= 15 is 0 Å². The zero-order valence-electron chi connectivity index (χ0n) is 9.83. The maximum Gasteiger partial charge on any atom is 0.469 e. The molecule has 0 aromatic heterocycles. The number of nitrogens with zero attached hydrogens (tertiary/aromatic N) is 1. The largest absolute Gasteiger partial charge is 0.469 e. The lowest BCUT2D eigenvalue weighted by Gasteiger charge is -2.29. The minimum Gasteiger partial charge on any atom is -0.374 e. The Kier molecular flexibility index (Phi) is 7.34. The highest BCUT2D eigenvalue weighted by Crippen LogP contribution is 2.35. The number of ether oxygens (including phenoxy) is 1. The Morgan fingerprint density at radius 3 is 2.25 bits per heavy atom. The van der Waals surface area contributed by atoms with E-state index in [2.05, 4.69) is 4.52 Å². The molecule has 0 aliphatic carbocycles. The summed E-state index contributed by atoms with van der Waals surface area (Å²) in [5, 5.41) is 0. The third-order valence-electron chi connectivity index (χ3n) is 2.06. The van der Waals surface area contributed by atoms with Crippen molar-refractivity contribution in [2.24, 2.45) is 5.73 Å². The molecular weight excluding hydrogens is 235 g/mol. The topological polar surface area (TPSA) is 102 Å². The minimum atomic E-state index is -4.35. The first kappa shape index (κ1) is 16.0. The Morgan fingerprint density at radius 1 is 1.19 bits per heavy atom. The summed E-state index contributed by atoms with van der Waals surface area (Å²) < 4.78 is 20.6. The molecule has 0 aromatic rings. The van der Waals surface area contributed by atoms with Crippen molar-refractivity contribution in [3.63, 3.8) is 0 Å². The third kappa shape index (κ3) is 10.5. The van der Waals surface area contributed by atoms with Gasteiger partial charge in [0.05, 0.1) is 27.3 Å². The summed E-state index contributed by atoms with van der Waals surface area (Å²) in [6, 6.07) is 0. The van der Waals surface area contributed by atoms with Gasteiger partial charge in [0.25, 0.3) is 0 Å². The first-order chi connectivity index (χ1) is 7.27. The fourth-order valence-electron chi connectivity index (χ4n) is 1.02. The Bertz CT molecular complexity index is 230. The Labute approximate surface area is 96.0 Å². The van der Waals surface area contributed by atoms with Crippen LogP contribution in [0.5, 0.6) is 0 Å². The van der Waals surface area contributed by atoms with Crippen LogP contribution in [0.3, 0.4) is 0 Å². The summed E-state index contributed by atoms with van der Waals surface area (Å²) in [6.07, 6.45) is 0. The summed E-state index contributed by atoms with van der Waals surface area (Å²) in [5.41, 5.74) is 5.27. The molecule has 8 heteroatoms. The van der Waals surface area contributed by atoms with Crippen molar-refractivity contribution >= 4 is 7.82 Å². The van der Waals surface area contributed by atoms with E-state index in [0.29, 0.717) is 30.8 Å². The zero-order valence-corrected chi connectivity index (χ0v) is 10.7. The number of phosphoric acid groups is 1. The van der Waals surface area contributed by atoms with Gasteiger partial charge in [0.15, 0.2) is 0 Å². The van der Waals surface area contributed by atoms with Crippen molar-refractivity contribution in [2.75, 3.05) is 53.6 Å². The molecule has 0 radical (unpaired) electrons. The van der Waals surface area contributed by atoms with Gasteiger partial charge in [-0.15, -0.1) is 0 Å². The predicted octanol–water partition coefficient (Wildman–Crippen LogP) is -0.853. The number of rotatable bonds is 9. The van der Waals surface area contributed by atoms with Crippen LogP contribution in [0, 0.1) is 0 Å². The number of phosphoric ester groups is 1. The second-order valence-electron chi connectivity index (χ2n) is 4.11. The zero-order chi connectivity index (χ0) is 12.7. The molecule has 16 heavy (non-hydrogen) atoms. The van der Waals surface area contributed by atoms with Crippen molar-refractivity contribution in [3.8, 4) is 0 Å². The Hall–Kier alpha value is -0.0100. The van der Waals surface area contributed by atoms with E-state index in [1.807, 2.05) is 14.1 Å². The van der Waals surface area contributed by atoms with Crippen molar-refractivity contribution in [3.05, 3.63) is 0 Å². The van der Waals surface area contributed by atoms with Crippen LogP contribution >= 0.6 is 7.82 Å². The van der Waals surface area contributed by atoms with E-state index < -0.39 is 7.82 Å². The number of hydrogen-bond acceptors (Lipinski definition) is 4. The van der Waals surface area contributed by atoms with E-state index in [0.717, 1.165) is 6.54 Å². The maximum absolute atomic E-state index is 10.4. The molecular formula is C8H22N2O5P+.